The van der Waals surface area contributed by atoms with Crippen LogP contribution in [0.1, 0.15) is 25.1 Å². The van der Waals surface area contributed by atoms with E-state index in [-0.39, 0.29) is 0 Å². The van der Waals surface area contributed by atoms with E-state index in [1.165, 1.54) is 5.39 Å². The molecule has 0 unspecified atom stereocenters. The first-order valence-corrected chi connectivity index (χ1v) is 4.88. The number of aromatic amines is 1. The van der Waals surface area contributed by atoms with Crippen molar-refractivity contribution in [3.05, 3.63) is 36.0 Å². The fraction of sp³-hybridized carbons (Fsp3) is 0.250. The average Bonchev–Trinajstić information content (AvgIpc) is 2.63. The molecule has 74 valence electrons. The molecule has 0 aliphatic rings. The summed E-state index contributed by atoms with van der Waals surface area (Å²) in [6, 6.07) is 6.12. The molecule has 1 heterocycles. The molecule has 2 rings (SSSR count). The van der Waals surface area contributed by atoms with Crippen molar-refractivity contribution in [2.45, 2.75) is 20.8 Å². The lowest BCUT2D eigenvalue weighted by Gasteiger charge is -1.91. The van der Waals surface area contributed by atoms with Gasteiger partial charge in [-0.15, -0.1) is 0 Å². The average molecular weight is 188 g/mol. The highest BCUT2D eigenvalue weighted by Gasteiger charge is 1.99. The standard InChI is InChI=1S/C10H10N2.C2H6/c1-3-8-4-5-9-7(2)11-12-10(9)6-8;1-2/h3-6H,1H2,2H3,(H,11,12);1-2H3. The van der Waals surface area contributed by atoms with Crippen LogP contribution in [0.15, 0.2) is 24.8 Å². The second-order valence-corrected chi connectivity index (χ2v) is 2.83. The minimum absolute atomic E-state index is 1.00. The molecule has 0 aliphatic heterocycles. The fourth-order valence-corrected chi connectivity index (χ4v) is 1.29. The number of benzene rings is 1. The summed E-state index contributed by atoms with van der Waals surface area (Å²) >= 11 is 0. The van der Waals surface area contributed by atoms with Crippen molar-refractivity contribution < 1.29 is 0 Å². The lowest BCUT2D eigenvalue weighted by molar-refractivity contribution is 1.07. The minimum Gasteiger partial charge on any atom is -0.282 e. The van der Waals surface area contributed by atoms with Crippen LogP contribution in [-0.2, 0) is 0 Å². The third kappa shape index (κ3) is 1.84. The lowest BCUT2D eigenvalue weighted by atomic mass is 10.1. The van der Waals surface area contributed by atoms with Crippen molar-refractivity contribution in [1.82, 2.24) is 10.2 Å². The highest BCUT2D eigenvalue weighted by atomic mass is 15.1. The molecule has 0 amide bonds. The summed E-state index contributed by atoms with van der Waals surface area (Å²) in [5.74, 6) is 0. The zero-order valence-electron chi connectivity index (χ0n) is 8.96. The normalized spacial score (nSPS) is 9.36. The third-order valence-corrected chi connectivity index (χ3v) is 2.01. The van der Waals surface area contributed by atoms with Crippen LogP contribution in [0.3, 0.4) is 0 Å². The number of nitrogens with zero attached hydrogens (tertiary/aromatic N) is 1. The molecule has 1 aromatic heterocycles. The van der Waals surface area contributed by atoms with E-state index in [0.29, 0.717) is 0 Å². The van der Waals surface area contributed by atoms with Gasteiger partial charge in [0.05, 0.1) is 5.52 Å². The van der Waals surface area contributed by atoms with Crippen LogP contribution in [0.25, 0.3) is 17.0 Å². The predicted molar refractivity (Wildman–Crippen MR) is 62.3 cm³/mol. The smallest absolute Gasteiger partial charge is 0.0929 e. The molecule has 0 saturated carbocycles. The van der Waals surface area contributed by atoms with Gasteiger partial charge in [-0.3, -0.25) is 5.10 Å². The van der Waals surface area contributed by atoms with Crippen LogP contribution in [0.5, 0.6) is 0 Å². The Morgan fingerprint density at radius 3 is 2.71 bits per heavy atom. The molecule has 2 heteroatoms. The molecule has 0 fully saturated rings. The molecule has 2 aromatic rings. The van der Waals surface area contributed by atoms with Gasteiger partial charge in [-0.1, -0.05) is 38.6 Å². The Labute approximate surface area is 84.7 Å². The SMILES string of the molecule is C=Cc1ccc2c(C)[nH]nc2c1.CC. The lowest BCUT2D eigenvalue weighted by Crippen LogP contribution is -1.72. The van der Waals surface area contributed by atoms with Gasteiger partial charge in [0.25, 0.3) is 0 Å². The van der Waals surface area contributed by atoms with Crippen molar-refractivity contribution in [1.29, 1.82) is 0 Å². The molecular formula is C12H16N2. The largest absolute Gasteiger partial charge is 0.282 e. The first-order chi connectivity index (χ1) is 6.81. The summed E-state index contributed by atoms with van der Waals surface area (Å²) in [6.45, 7) is 9.72. The molecule has 1 aromatic carbocycles. The summed E-state index contributed by atoms with van der Waals surface area (Å²) in [5.41, 5.74) is 3.22. The summed E-state index contributed by atoms with van der Waals surface area (Å²) in [5, 5.41) is 8.28. The molecular weight excluding hydrogens is 172 g/mol. The second kappa shape index (κ2) is 4.61. The quantitative estimate of drug-likeness (QED) is 0.728. The van der Waals surface area contributed by atoms with Gasteiger partial charge in [-0.2, -0.15) is 5.10 Å². The number of fused-ring (bicyclic) bond motifs is 1. The maximum Gasteiger partial charge on any atom is 0.0929 e. The third-order valence-electron chi connectivity index (χ3n) is 2.01. The number of hydrogen-bond donors (Lipinski definition) is 1. The number of aromatic nitrogens is 2. The monoisotopic (exact) mass is 188 g/mol. The van der Waals surface area contributed by atoms with E-state index < -0.39 is 0 Å². The van der Waals surface area contributed by atoms with E-state index in [4.69, 9.17) is 0 Å². The van der Waals surface area contributed by atoms with Gasteiger partial charge in [-0.05, 0) is 18.6 Å². The molecule has 0 atom stereocenters. The van der Waals surface area contributed by atoms with Crippen molar-refractivity contribution >= 4 is 17.0 Å². The Hall–Kier alpha value is -1.57. The van der Waals surface area contributed by atoms with Crippen LogP contribution in [-0.4, -0.2) is 10.2 Å². The molecule has 14 heavy (non-hydrogen) atoms. The highest BCUT2D eigenvalue weighted by molar-refractivity contribution is 5.83. The summed E-state index contributed by atoms with van der Waals surface area (Å²) in [7, 11) is 0. The van der Waals surface area contributed by atoms with Crippen molar-refractivity contribution in [3.63, 3.8) is 0 Å². The van der Waals surface area contributed by atoms with E-state index in [2.05, 4.69) is 22.8 Å². The van der Waals surface area contributed by atoms with Gasteiger partial charge >= 0.3 is 0 Å². The fourth-order valence-electron chi connectivity index (χ4n) is 1.29. The predicted octanol–water partition coefficient (Wildman–Crippen LogP) is 3.54. The van der Waals surface area contributed by atoms with Crippen molar-refractivity contribution in [2.24, 2.45) is 0 Å². The van der Waals surface area contributed by atoms with Gasteiger partial charge in [0.15, 0.2) is 0 Å². The van der Waals surface area contributed by atoms with E-state index in [9.17, 15) is 0 Å². The van der Waals surface area contributed by atoms with Crippen LogP contribution < -0.4 is 0 Å². The topological polar surface area (TPSA) is 28.7 Å². The second-order valence-electron chi connectivity index (χ2n) is 2.83. The zero-order valence-corrected chi connectivity index (χ0v) is 8.96. The van der Waals surface area contributed by atoms with Gasteiger partial charge in [0, 0.05) is 11.1 Å². The number of nitrogens with one attached hydrogen (secondary N) is 1. The first-order valence-electron chi connectivity index (χ1n) is 4.88. The Balaban J connectivity index is 0.000000461. The van der Waals surface area contributed by atoms with Gasteiger partial charge in [0.1, 0.15) is 0 Å². The van der Waals surface area contributed by atoms with Crippen LogP contribution in [0.4, 0.5) is 0 Å². The Morgan fingerprint density at radius 2 is 2.07 bits per heavy atom. The van der Waals surface area contributed by atoms with Gasteiger partial charge in [-0.25, -0.2) is 0 Å². The Morgan fingerprint density at radius 1 is 1.36 bits per heavy atom. The van der Waals surface area contributed by atoms with E-state index >= 15 is 0 Å². The highest BCUT2D eigenvalue weighted by Crippen LogP contribution is 2.16. The van der Waals surface area contributed by atoms with Gasteiger partial charge in [0.2, 0.25) is 0 Å². The van der Waals surface area contributed by atoms with Crippen LogP contribution in [0.2, 0.25) is 0 Å². The Bertz CT molecular complexity index is 427. The molecule has 2 nitrogen and oxygen atoms in total. The zero-order chi connectivity index (χ0) is 10.6. The molecule has 0 aliphatic carbocycles. The van der Waals surface area contributed by atoms with Gasteiger partial charge < -0.3 is 0 Å². The molecule has 0 saturated heterocycles. The maximum absolute atomic E-state index is 4.15. The van der Waals surface area contributed by atoms with E-state index in [1.54, 1.807) is 0 Å². The minimum atomic E-state index is 1.00. The van der Waals surface area contributed by atoms with Crippen LogP contribution in [0, 0.1) is 6.92 Å². The molecule has 0 bridgehead atoms. The summed E-state index contributed by atoms with van der Waals surface area (Å²) in [6.07, 6.45) is 1.82. The molecule has 0 spiro atoms. The first kappa shape index (κ1) is 10.5. The number of rotatable bonds is 1. The molecule has 1 N–H and O–H groups in total. The number of H-pyrrole nitrogens is 1. The number of hydrogen-bond acceptors (Lipinski definition) is 1. The maximum atomic E-state index is 4.15. The van der Waals surface area contributed by atoms with E-state index in [1.807, 2.05) is 39.0 Å². The molecule has 0 radical (unpaired) electrons. The van der Waals surface area contributed by atoms with E-state index in [0.717, 1.165) is 16.8 Å². The Kier molecular flexibility index (Phi) is 3.46. The van der Waals surface area contributed by atoms with Crippen molar-refractivity contribution in [2.75, 3.05) is 0 Å². The summed E-state index contributed by atoms with van der Waals surface area (Å²) in [4.78, 5) is 0. The summed E-state index contributed by atoms with van der Waals surface area (Å²) < 4.78 is 0. The van der Waals surface area contributed by atoms with Crippen LogP contribution >= 0.6 is 0 Å². The number of aryl methyl sites for hydroxylation is 1. The van der Waals surface area contributed by atoms with Crippen molar-refractivity contribution in [3.8, 4) is 0 Å².